The molecule has 10 heterocycles. The number of furan rings is 4. The molecule has 0 radical (unpaired) electrons. The normalized spacial score (nSPS) is 14.1. The number of rotatable bonds is 23. The summed E-state index contributed by atoms with van der Waals surface area (Å²) in [7, 11) is 5.83. The lowest BCUT2D eigenvalue weighted by molar-refractivity contribution is 0.0779. The number of ketones is 1. The van der Waals surface area contributed by atoms with E-state index in [0.717, 1.165) is 57.0 Å². The summed E-state index contributed by atoms with van der Waals surface area (Å²) in [4.78, 5) is 118. The van der Waals surface area contributed by atoms with E-state index in [0.29, 0.717) is 203 Å². The number of amides is 7. The standard InChI is InChI=1S/C24H20ClN3O5.C24H19ClN2O5.C24H20FN3O5.C23H19N3O5/c1-31-20-10-18-14(8-15(20)23(26)29)19(4-5-27-18)33-22-11-21-13(9-17(22)25)16(12-32-21)24(30)28-6-2-3-7-28;1-30-21-10-18-14(9-15(21)24(26)29)20(4-5-27-18)32-13-7-17(25)23-16(11-31-22(23)8-13)19(28)6-12-2-3-12;1-31-21-10-19-16(9-17(21)23(26)29)20(4-6-27-19)33-14-2-3-15-18(12-32-22(15)8-14)24(30)28-7-5-13(25)11-28;1-29-20-11-17-15(10-16(20)22(24)27)19(6-7-25-17)30-14-4-5-18-12(8-14)9-21(31-18)23(28)26-13-2-3-13/h4-5,8-12H,2-3,6-7H2,1H3,(H2,26,29);4-5,7-12H,2-3,6H2,1H3,(H2,26,29);2-4,6,8-10,12-13H,5,7,11H2,1H3,(H2,26,29);4-11,13H,2-3H2,1H3,(H2,24,27)(H,26,28). The summed E-state index contributed by atoms with van der Waals surface area (Å²) in [6.45, 7) is 1.97. The molecule has 2 aliphatic heterocycles. The van der Waals surface area contributed by atoms with Crippen LogP contribution in [0.5, 0.6) is 69.0 Å². The molecule has 129 heavy (non-hydrogen) atoms. The zero-order valence-corrected chi connectivity index (χ0v) is 70.8. The van der Waals surface area contributed by atoms with Gasteiger partial charge in [-0.2, -0.15) is 0 Å². The van der Waals surface area contributed by atoms with Gasteiger partial charge in [-0.05, 0) is 142 Å². The summed E-state index contributed by atoms with van der Waals surface area (Å²) in [5.41, 5.74) is 28.5. The van der Waals surface area contributed by atoms with E-state index in [4.69, 9.17) is 102 Å². The molecule has 8 aromatic heterocycles. The van der Waals surface area contributed by atoms with Gasteiger partial charge in [0.05, 0.1) is 106 Å². The Morgan fingerprint density at radius 2 is 0.868 bits per heavy atom. The van der Waals surface area contributed by atoms with Crippen molar-refractivity contribution in [3.8, 4) is 69.0 Å². The highest BCUT2D eigenvalue weighted by molar-refractivity contribution is 6.37. The lowest BCUT2D eigenvalue weighted by atomic mass is 10.0. The number of alkyl halides is 1. The first-order chi connectivity index (χ1) is 62.3. The zero-order valence-electron chi connectivity index (χ0n) is 69.3. The van der Waals surface area contributed by atoms with Crippen LogP contribution in [0.2, 0.25) is 10.0 Å². The quantitative estimate of drug-likeness (QED) is 0.0371. The van der Waals surface area contributed by atoms with E-state index < -0.39 is 29.8 Å². The van der Waals surface area contributed by atoms with Crippen molar-refractivity contribution in [2.75, 3.05) is 54.6 Å². The van der Waals surface area contributed by atoms with E-state index in [9.17, 15) is 42.7 Å². The van der Waals surface area contributed by atoms with E-state index in [1.165, 1.54) is 52.1 Å². The first-order valence-corrected chi connectivity index (χ1v) is 41.4. The van der Waals surface area contributed by atoms with Crippen LogP contribution in [0.3, 0.4) is 0 Å². The maximum Gasteiger partial charge on any atom is 0.287 e. The number of benzene rings is 8. The Morgan fingerprint density at radius 1 is 0.419 bits per heavy atom. The number of nitrogens with zero attached hydrogens (tertiary/aromatic N) is 6. The molecule has 1 atom stereocenters. The van der Waals surface area contributed by atoms with Crippen LogP contribution in [0.25, 0.3) is 87.5 Å². The predicted octanol–water partition coefficient (Wildman–Crippen LogP) is 18.1. The summed E-state index contributed by atoms with van der Waals surface area (Å²) in [6, 6.07) is 38.5. The summed E-state index contributed by atoms with van der Waals surface area (Å²) in [5.74, 6) is 2.68. The number of halogens is 3. The molecule has 7 amide bonds. The third-order valence-corrected chi connectivity index (χ3v) is 22.8. The monoisotopic (exact) mass is 1780 g/mol. The van der Waals surface area contributed by atoms with Crippen molar-refractivity contribution < 1.29 is 98.3 Å². The number of pyridine rings is 4. The maximum absolute atomic E-state index is 13.5. The number of hydrogen-bond donors (Lipinski definition) is 5. The smallest absolute Gasteiger partial charge is 0.287 e. The van der Waals surface area contributed by atoms with Gasteiger partial charge in [-0.1, -0.05) is 23.2 Å². The molecule has 654 valence electrons. The summed E-state index contributed by atoms with van der Waals surface area (Å²) >= 11 is 13.0. The summed E-state index contributed by atoms with van der Waals surface area (Å²) in [6.07, 6.45) is 16.7. The zero-order chi connectivity index (χ0) is 90.2. The molecular formula is C95H78Cl2FN11O20. The highest BCUT2D eigenvalue weighted by Gasteiger charge is 2.33. The van der Waals surface area contributed by atoms with Crippen LogP contribution in [0.15, 0.2) is 201 Å². The van der Waals surface area contributed by atoms with Gasteiger partial charge in [0.15, 0.2) is 11.5 Å². The van der Waals surface area contributed by atoms with E-state index in [1.54, 1.807) is 164 Å². The van der Waals surface area contributed by atoms with Crippen LogP contribution < -0.4 is 66.1 Å². The van der Waals surface area contributed by atoms with Crippen LogP contribution in [-0.4, -0.2) is 144 Å². The fraction of sp³-hybridized carbons (Fsp3) is 0.200. The van der Waals surface area contributed by atoms with Crippen LogP contribution >= 0.6 is 23.2 Å². The average Bonchev–Trinajstić information content (AvgIpc) is 1.66. The molecule has 4 fully saturated rings. The van der Waals surface area contributed by atoms with Crippen LogP contribution in [0.4, 0.5) is 4.39 Å². The van der Waals surface area contributed by atoms with Crippen molar-refractivity contribution in [2.45, 2.75) is 63.6 Å². The number of methoxy groups -OCH3 is 4. The van der Waals surface area contributed by atoms with Crippen molar-refractivity contribution in [3.63, 3.8) is 0 Å². The van der Waals surface area contributed by atoms with Crippen molar-refractivity contribution in [2.24, 2.45) is 28.9 Å². The second-order valence-electron chi connectivity index (χ2n) is 30.8. The third-order valence-electron chi connectivity index (χ3n) is 22.2. The molecule has 4 aliphatic rings. The summed E-state index contributed by atoms with van der Waals surface area (Å²) in [5, 5.41) is 8.52. The molecule has 16 aromatic rings. The van der Waals surface area contributed by atoms with Gasteiger partial charge < -0.3 is 93.6 Å². The molecule has 34 heteroatoms. The van der Waals surface area contributed by atoms with Crippen LogP contribution in [-0.2, 0) is 0 Å². The number of hydrogen-bond acceptors (Lipinski definition) is 24. The number of nitrogens with one attached hydrogen (secondary N) is 1. The molecule has 1 unspecified atom stereocenters. The average molecular weight is 1780 g/mol. The first-order valence-electron chi connectivity index (χ1n) is 40.7. The molecular weight excluding hydrogens is 1710 g/mol. The van der Waals surface area contributed by atoms with Gasteiger partial charge in [-0.3, -0.25) is 58.3 Å². The van der Waals surface area contributed by atoms with E-state index in [-0.39, 0.29) is 64.1 Å². The number of likely N-dealkylation sites (tertiary alicyclic amines) is 2. The Labute approximate surface area is 741 Å². The largest absolute Gasteiger partial charge is 0.496 e. The Balaban J connectivity index is 0.000000121. The molecule has 2 aliphatic carbocycles. The minimum absolute atomic E-state index is 0.0369. The first kappa shape index (κ1) is 85.6. The topological polar surface area (TPSA) is 437 Å². The molecule has 2 saturated carbocycles. The molecule has 31 nitrogen and oxygen atoms in total. The molecule has 0 bridgehead atoms. The lowest BCUT2D eigenvalue weighted by Crippen LogP contribution is -2.28. The molecule has 20 rings (SSSR count). The molecule has 0 spiro atoms. The third kappa shape index (κ3) is 18.1. The molecule has 9 N–H and O–H groups in total. The van der Waals surface area contributed by atoms with Crippen molar-refractivity contribution in [3.05, 3.63) is 238 Å². The second-order valence-corrected chi connectivity index (χ2v) is 31.6. The van der Waals surface area contributed by atoms with Crippen molar-refractivity contribution in [1.82, 2.24) is 35.1 Å². The van der Waals surface area contributed by atoms with Gasteiger partial charge >= 0.3 is 0 Å². The highest BCUT2D eigenvalue weighted by atomic mass is 35.5. The molecule has 2 saturated heterocycles. The van der Waals surface area contributed by atoms with Gasteiger partial charge in [0, 0.05) is 149 Å². The Bertz CT molecular complexity index is 7240. The Kier molecular flexibility index (Phi) is 24.0. The summed E-state index contributed by atoms with van der Waals surface area (Å²) < 4.78 is 81.3. The van der Waals surface area contributed by atoms with Gasteiger partial charge in [0.1, 0.15) is 116 Å². The van der Waals surface area contributed by atoms with Crippen LogP contribution in [0.1, 0.15) is 134 Å². The number of Topliss-reactive ketones (excluding diaryl/α,β-unsaturated/α-hetero) is 1. The number of primary amides is 4. The second kappa shape index (κ2) is 36.2. The number of carbonyl (C=O) groups is 8. The van der Waals surface area contributed by atoms with E-state index in [1.807, 2.05) is 4.90 Å². The van der Waals surface area contributed by atoms with E-state index >= 15 is 0 Å². The Morgan fingerprint density at radius 3 is 1.35 bits per heavy atom. The van der Waals surface area contributed by atoms with Crippen LogP contribution in [0, 0.1) is 5.92 Å². The van der Waals surface area contributed by atoms with Gasteiger partial charge in [0.25, 0.3) is 41.4 Å². The molecule has 8 aromatic carbocycles. The number of carbonyl (C=O) groups excluding carboxylic acids is 8. The minimum atomic E-state index is -0.989. The highest BCUT2D eigenvalue weighted by Crippen LogP contribution is 2.45. The minimum Gasteiger partial charge on any atom is -0.496 e. The predicted molar refractivity (Wildman–Crippen MR) is 475 cm³/mol. The fourth-order valence-corrected chi connectivity index (χ4v) is 15.8. The van der Waals surface area contributed by atoms with E-state index in [2.05, 4.69) is 25.3 Å². The number of aromatic nitrogens is 4. The lowest BCUT2D eigenvalue weighted by Gasteiger charge is -2.14. The van der Waals surface area contributed by atoms with Gasteiger partial charge in [-0.15, -0.1) is 0 Å². The number of nitrogens with two attached hydrogens (primary N) is 4. The Hall–Kier alpha value is -15.6. The fourth-order valence-electron chi connectivity index (χ4n) is 15.3. The van der Waals surface area contributed by atoms with Crippen molar-refractivity contribution in [1.29, 1.82) is 0 Å². The number of fused-ring (bicyclic) bond motifs is 8. The SMILES string of the molecule is COc1cc2nccc(Oc3cc(Cl)c4c(C(=O)CC5CC5)coc4c3)c2cc1C(N)=O.COc1cc2nccc(Oc3cc4occ(C(=O)N5CCCC5)c4cc3Cl)c2cc1C(N)=O.COc1cc2nccc(Oc3ccc4c(C(=O)N5CCC(F)C5)coc4c3)c2cc1C(N)=O.COc1cc2nccc(Oc3ccc4oc(C(=O)NC5CC5)cc4c3)c2cc1C(N)=O. The van der Waals surface area contributed by atoms with Gasteiger partial charge in [-0.25, -0.2) is 4.39 Å². The number of ether oxygens (including phenoxy) is 8. The van der Waals surface area contributed by atoms with Gasteiger partial charge in [0.2, 0.25) is 0 Å². The van der Waals surface area contributed by atoms with Crippen molar-refractivity contribution >= 4 is 158 Å². The maximum atomic E-state index is 13.5.